The summed E-state index contributed by atoms with van der Waals surface area (Å²) in [6.07, 6.45) is 0. The van der Waals surface area contributed by atoms with Gasteiger partial charge in [-0.15, -0.1) is 0 Å². The molecule has 0 spiro atoms. The molecule has 1 heterocycles. The van der Waals surface area contributed by atoms with E-state index in [2.05, 4.69) is 12.1 Å². The first kappa shape index (κ1) is 19.7. The molecule has 1 aliphatic heterocycles. The highest BCUT2D eigenvalue weighted by Crippen LogP contribution is 2.17. The van der Waals surface area contributed by atoms with E-state index in [4.69, 9.17) is 9.47 Å². The molecule has 0 unspecified atom stereocenters. The number of hydrogen-bond donors (Lipinski definition) is 2. The van der Waals surface area contributed by atoms with E-state index in [0.717, 1.165) is 48.8 Å². The summed E-state index contributed by atoms with van der Waals surface area (Å²) < 4.78 is 10.4. The van der Waals surface area contributed by atoms with Gasteiger partial charge in [-0.1, -0.05) is 0 Å². The van der Waals surface area contributed by atoms with Crippen molar-refractivity contribution in [3.8, 4) is 23.6 Å². The van der Waals surface area contributed by atoms with Gasteiger partial charge in [0.1, 0.15) is 49.8 Å². The number of quaternary nitrogens is 2. The molecule has 144 valence electrons. The molecule has 1 fully saturated rings. The van der Waals surface area contributed by atoms with E-state index in [1.807, 2.05) is 48.5 Å². The van der Waals surface area contributed by atoms with E-state index >= 15 is 0 Å². The highest BCUT2D eigenvalue weighted by Gasteiger charge is 2.34. The van der Waals surface area contributed by atoms with Crippen LogP contribution in [-0.4, -0.2) is 40.4 Å². The van der Waals surface area contributed by atoms with Crippen LogP contribution >= 0.6 is 0 Å². The standard InChI is InChI=1S/C22H24N4O2/c1-27-19-7-3-17(4-8-19)21(15-23)25-11-13-26(14-12-25)22(16-24)18-5-9-20(28-2)10-6-18/h3-10,21-22H,11-14H2,1-2H3/p+2/t21-,22-/m0/s1. The van der Waals surface area contributed by atoms with Gasteiger partial charge in [-0.2, -0.15) is 10.5 Å². The van der Waals surface area contributed by atoms with E-state index in [0.29, 0.717) is 0 Å². The molecule has 0 amide bonds. The zero-order valence-electron chi connectivity index (χ0n) is 16.3. The summed E-state index contributed by atoms with van der Waals surface area (Å²) in [6.45, 7) is 3.42. The minimum absolute atomic E-state index is 0.200. The molecule has 2 aromatic carbocycles. The van der Waals surface area contributed by atoms with Gasteiger partial charge in [-0.3, -0.25) is 0 Å². The zero-order valence-corrected chi connectivity index (χ0v) is 16.3. The molecule has 6 nitrogen and oxygen atoms in total. The van der Waals surface area contributed by atoms with Crippen LogP contribution < -0.4 is 19.3 Å². The molecule has 1 aliphatic rings. The first-order chi connectivity index (χ1) is 13.7. The SMILES string of the molecule is COc1ccc([C@H](C#N)[NH+]2CC[NH+]([C@@H](C#N)c3ccc(OC)cc3)CC2)cc1. The average molecular weight is 378 g/mol. The second-order valence-corrected chi connectivity index (χ2v) is 6.99. The predicted octanol–water partition coefficient (Wildman–Crippen LogP) is 0.317. The monoisotopic (exact) mass is 378 g/mol. The van der Waals surface area contributed by atoms with E-state index < -0.39 is 0 Å². The summed E-state index contributed by atoms with van der Waals surface area (Å²) in [5.41, 5.74) is 2.02. The summed E-state index contributed by atoms with van der Waals surface area (Å²) in [5, 5.41) is 19.5. The van der Waals surface area contributed by atoms with Crippen molar-refractivity contribution in [1.82, 2.24) is 0 Å². The van der Waals surface area contributed by atoms with Crippen molar-refractivity contribution in [2.24, 2.45) is 0 Å². The van der Waals surface area contributed by atoms with Crippen molar-refractivity contribution in [3.05, 3.63) is 59.7 Å². The number of nitrogens with zero attached hydrogens (tertiary/aromatic N) is 2. The highest BCUT2D eigenvalue weighted by molar-refractivity contribution is 5.31. The van der Waals surface area contributed by atoms with Crippen LogP contribution in [0.15, 0.2) is 48.5 Å². The van der Waals surface area contributed by atoms with Gasteiger partial charge in [0.2, 0.25) is 12.1 Å². The Labute approximate surface area is 166 Å². The van der Waals surface area contributed by atoms with Crippen LogP contribution in [0.25, 0.3) is 0 Å². The fourth-order valence-corrected chi connectivity index (χ4v) is 3.87. The minimum Gasteiger partial charge on any atom is -0.497 e. The number of nitriles is 2. The summed E-state index contributed by atoms with van der Waals surface area (Å²) in [7, 11) is 3.27. The number of methoxy groups -OCH3 is 2. The van der Waals surface area contributed by atoms with Crippen LogP contribution in [-0.2, 0) is 0 Å². The quantitative estimate of drug-likeness (QED) is 0.759. The van der Waals surface area contributed by atoms with Crippen LogP contribution in [0.1, 0.15) is 23.2 Å². The largest absolute Gasteiger partial charge is 0.497 e. The number of rotatable bonds is 6. The van der Waals surface area contributed by atoms with Gasteiger partial charge >= 0.3 is 0 Å². The second kappa shape index (κ2) is 9.23. The van der Waals surface area contributed by atoms with E-state index in [9.17, 15) is 10.5 Å². The molecule has 0 bridgehead atoms. The first-order valence-electron chi connectivity index (χ1n) is 9.46. The molecule has 0 saturated carbocycles. The Morgan fingerprint density at radius 3 is 1.25 bits per heavy atom. The molecule has 0 aromatic heterocycles. The van der Waals surface area contributed by atoms with Crippen LogP contribution in [0.4, 0.5) is 0 Å². The van der Waals surface area contributed by atoms with Crippen LogP contribution in [0.5, 0.6) is 11.5 Å². The molecule has 2 N–H and O–H groups in total. The van der Waals surface area contributed by atoms with Crippen molar-refractivity contribution in [3.63, 3.8) is 0 Å². The van der Waals surface area contributed by atoms with Crippen LogP contribution in [0.2, 0.25) is 0 Å². The number of nitrogens with one attached hydrogen (secondary N) is 2. The molecule has 2 aromatic rings. The second-order valence-electron chi connectivity index (χ2n) is 6.99. The smallest absolute Gasteiger partial charge is 0.201 e. The summed E-state index contributed by atoms with van der Waals surface area (Å²) in [5.74, 6) is 1.59. The molecular formula is C22H26N4O2+2. The lowest BCUT2D eigenvalue weighted by molar-refractivity contribution is -1.03. The van der Waals surface area contributed by atoms with Gasteiger partial charge in [-0.25, -0.2) is 0 Å². The fraction of sp³-hybridized carbons (Fsp3) is 0.364. The maximum Gasteiger partial charge on any atom is 0.201 e. The highest BCUT2D eigenvalue weighted by atomic mass is 16.5. The van der Waals surface area contributed by atoms with Gasteiger partial charge in [0.15, 0.2) is 0 Å². The lowest BCUT2D eigenvalue weighted by Gasteiger charge is -2.34. The van der Waals surface area contributed by atoms with Crippen molar-refractivity contribution >= 4 is 0 Å². The fourth-order valence-electron chi connectivity index (χ4n) is 3.87. The lowest BCUT2D eigenvalue weighted by Crippen LogP contribution is -3.28. The van der Waals surface area contributed by atoms with Crippen molar-refractivity contribution < 1.29 is 19.3 Å². The third-order valence-electron chi connectivity index (χ3n) is 5.51. The molecule has 0 radical (unpaired) electrons. The van der Waals surface area contributed by atoms with Gasteiger partial charge in [0, 0.05) is 11.1 Å². The lowest BCUT2D eigenvalue weighted by atomic mass is 10.0. The maximum atomic E-state index is 9.73. The van der Waals surface area contributed by atoms with Crippen molar-refractivity contribution in [2.45, 2.75) is 12.1 Å². The minimum atomic E-state index is -0.200. The molecule has 0 aliphatic carbocycles. The molecule has 6 heteroatoms. The van der Waals surface area contributed by atoms with Gasteiger partial charge < -0.3 is 19.3 Å². The van der Waals surface area contributed by atoms with Gasteiger partial charge in [0.25, 0.3) is 0 Å². The topological polar surface area (TPSA) is 74.9 Å². The number of hydrogen-bond acceptors (Lipinski definition) is 4. The van der Waals surface area contributed by atoms with E-state index in [-0.39, 0.29) is 12.1 Å². The number of ether oxygens (including phenoxy) is 2. The third-order valence-corrected chi connectivity index (χ3v) is 5.51. The van der Waals surface area contributed by atoms with Gasteiger partial charge in [-0.05, 0) is 48.5 Å². The molecule has 3 rings (SSSR count). The number of benzene rings is 2. The molecule has 1 saturated heterocycles. The Balaban J connectivity index is 1.66. The normalized spacial score (nSPS) is 21.0. The van der Waals surface area contributed by atoms with E-state index in [1.165, 1.54) is 9.80 Å². The van der Waals surface area contributed by atoms with Crippen molar-refractivity contribution in [1.29, 1.82) is 10.5 Å². The summed E-state index contributed by atoms with van der Waals surface area (Å²) >= 11 is 0. The van der Waals surface area contributed by atoms with E-state index in [1.54, 1.807) is 14.2 Å². The van der Waals surface area contributed by atoms with Crippen LogP contribution in [0.3, 0.4) is 0 Å². The maximum absolute atomic E-state index is 9.73. The molecule has 2 atom stereocenters. The predicted molar refractivity (Wildman–Crippen MR) is 104 cm³/mol. The van der Waals surface area contributed by atoms with Crippen molar-refractivity contribution in [2.75, 3.05) is 40.4 Å². The Morgan fingerprint density at radius 2 is 1.00 bits per heavy atom. The first-order valence-corrected chi connectivity index (χ1v) is 9.46. The zero-order chi connectivity index (χ0) is 19.9. The summed E-state index contributed by atoms with van der Waals surface area (Å²) in [4.78, 5) is 2.51. The molecule has 28 heavy (non-hydrogen) atoms. The number of piperazine rings is 1. The van der Waals surface area contributed by atoms with Crippen LogP contribution in [0, 0.1) is 22.7 Å². The van der Waals surface area contributed by atoms with Gasteiger partial charge in [0.05, 0.1) is 14.2 Å². The third kappa shape index (κ3) is 4.26. The molecular weight excluding hydrogens is 352 g/mol. The average Bonchev–Trinajstić information content (AvgIpc) is 2.77. The Kier molecular flexibility index (Phi) is 6.49. The Hall–Kier alpha value is -3.06. The Bertz CT molecular complexity index is 771. The summed E-state index contributed by atoms with van der Waals surface area (Å²) in [6, 6.07) is 20.0. The Morgan fingerprint density at radius 1 is 0.679 bits per heavy atom.